The Balaban J connectivity index is 2.66. The van der Waals surface area contributed by atoms with Crippen molar-refractivity contribution >= 4 is 44.3 Å². The van der Waals surface area contributed by atoms with Crippen LogP contribution in [0.2, 0.25) is 0 Å². The van der Waals surface area contributed by atoms with Crippen molar-refractivity contribution in [3.8, 4) is 5.88 Å². The van der Waals surface area contributed by atoms with Gasteiger partial charge < -0.3 is 4.74 Å². The summed E-state index contributed by atoms with van der Waals surface area (Å²) in [6.07, 6.45) is 0. The Morgan fingerprint density at radius 3 is 3.00 bits per heavy atom. The summed E-state index contributed by atoms with van der Waals surface area (Å²) in [5, 5.41) is 0. The first-order chi connectivity index (χ1) is 5.79. The van der Waals surface area contributed by atoms with E-state index in [1.165, 1.54) is 0 Å². The fourth-order valence-electron chi connectivity index (χ4n) is 0.887. The van der Waals surface area contributed by atoms with Gasteiger partial charge in [-0.3, -0.25) is 0 Å². The normalized spacial score (nSPS) is 10.5. The summed E-state index contributed by atoms with van der Waals surface area (Å²) in [5.41, 5.74) is 0.935. The number of hydrogen-bond acceptors (Lipinski definition) is 4. The molecule has 0 radical (unpaired) electrons. The van der Waals surface area contributed by atoms with E-state index in [-0.39, 0.29) is 0 Å². The molecule has 2 heterocycles. The van der Waals surface area contributed by atoms with Crippen LogP contribution in [0.25, 0.3) is 10.3 Å². The molecule has 62 valence electrons. The highest BCUT2D eigenvalue weighted by atomic mass is 127. The van der Waals surface area contributed by atoms with Gasteiger partial charge >= 0.3 is 0 Å². The van der Waals surface area contributed by atoms with Crippen LogP contribution >= 0.6 is 33.9 Å². The molecule has 0 aliphatic heterocycles. The summed E-state index contributed by atoms with van der Waals surface area (Å²) < 4.78 is 6.00. The first-order valence-corrected chi connectivity index (χ1v) is 5.16. The van der Waals surface area contributed by atoms with Crippen LogP contribution in [-0.2, 0) is 0 Å². The summed E-state index contributed by atoms with van der Waals surface area (Å²) in [6.45, 7) is 0. The number of hydrogen-bond donors (Lipinski definition) is 0. The third-order valence-corrected chi connectivity index (χ3v) is 3.07. The Kier molecular flexibility index (Phi) is 2.14. The van der Waals surface area contributed by atoms with Gasteiger partial charge in [0.2, 0.25) is 5.88 Å². The van der Waals surface area contributed by atoms with Crippen LogP contribution in [0, 0.1) is 3.01 Å². The van der Waals surface area contributed by atoms with Crippen molar-refractivity contribution in [2.75, 3.05) is 7.11 Å². The maximum atomic E-state index is 5.00. The molecule has 0 fully saturated rings. The quantitative estimate of drug-likeness (QED) is 0.757. The second-order valence-corrected chi connectivity index (χ2v) is 4.88. The molecule has 0 aliphatic rings. The lowest BCUT2D eigenvalue weighted by Crippen LogP contribution is -1.85. The standard InChI is InChI=1S/C7H5IN2OS/c1-11-5-3-2-4-6(10-5)12-7(8)9-4/h2-3H,1H3. The van der Waals surface area contributed by atoms with Gasteiger partial charge in [0.05, 0.1) is 7.11 Å². The molecule has 0 atom stereocenters. The van der Waals surface area contributed by atoms with E-state index >= 15 is 0 Å². The minimum Gasteiger partial charge on any atom is -0.481 e. The average Bonchev–Trinajstić information content (AvgIpc) is 2.43. The zero-order valence-corrected chi connectivity index (χ0v) is 9.22. The molecule has 0 bridgehead atoms. The predicted molar refractivity (Wildman–Crippen MR) is 56.7 cm³/mol. The summed E-state index contributed by atoms with van der Waals surface area (Å²) in [4.78, 5) is 9.45. The van der Waals surface area contributed by atoms with E-state index in [1.807, 2.05) is 12.1 Å². The average molecular weight is 292 g/mol. The fourth-order valence-corrected chi connectivity index (χ4v) is 2.43. The van der Waals surface area contributed by atoms with E-state index in [0.717, 1.165) is 13.4 Å². The molecular weight excluding hydrogens is 287 g/mol. The van der Waals surface area contributed by atoms with Crippen LogP contribution in [0.3, 0.4) is 0 Å². The highest BCUT2D eigenvalue weighted by molar-refractivity contribution is 14.1. The molecule has 0 N–H and O–H groups in total. The first-order valence-electron chi connectivity index (χ1n) is 3.26. The maximum absolute atomic E-state index is 5.00. The number of rotatable bonds is 1. The Morgan fingerprint density at radius 1 is 1.42 bits per heavy atom. The van der Waals surface area contributed by atoms with Gasteiger partial charge in [-0.2, -0.15) is 0 Å². The molecule has 0 unspecified atom stereocenters. The third kappa shape index (κ3) is 1.38. The SMILES string of the molecule is COc1ccc2nc(I)sc2n1. The minimum atomic E-state index is 0.641. The second-order valence-electron chi connectivity index (χ2n) is 2.14. The van der Waals surface area contributed by atoms with Crippen LogP contribution in [-0.4, -0.2) is 17.1 Å². The number of pyridine rings is 1. The van der Waals surface area contributed by atoms with Crippen molar-refractivity contribution in [3.63, 3.8) is 0 Å². The zero-order valence-electron chi connectivity index (χ0n) is 6.24. The largest absolute Gasteiger partial charge is 0.481 e. The number of ether oxygens (including phenoxy) is 1. The molecule has 0 spiro atoms. The number of halogens is 1. The van der Waals surface area contributed by atoms with Gasteiger partial charge in [0.15, 0.2) is 3.01 Å². The Morgan fingerprint density at radius 2 is 2.25 bits per heavy atom. The number of aromatic nitrogens is 2. The molecule has 2 aromatic rings. The van der Waals surface area contributed by atoms with E-state index in [9.17, 15) is 0 Å². The van der Waals surface area contributed by atoms with E-state index in [2.05, 4.69) is 32.6 Å². The lowest BCUT2D eigenvalue weighted by molar-refractivity contribution is 0.400. The van der Waals surface area contributed by atoms with Gasteiger partial charge in [-0.25, -0.2) is 9.97 Å². The highest BCUT2D eigenvalue weighted by Gasteiger charge is 2.02. The van der Waals surface area contributed by atoms with Crippen molar-refractivity contribution in [1.29, 1.82) is 0 Å². The smallest absolute Gasteiger partial charge is 0.214 e. The summed E-state index contributed by atoms with van der Waals surface area (Å²) >= 11 is 3.75. The zero-order chi connectivity index (χ0) is 8.55. The molecule has 2 rings (SSSR count). The fraction of sp³-hybridized carbons (Fsp3) is 0.143. The van der Waals surface area contributed by atoms with Gasteiger partial charge in [-0.05, 0) is 28.7 Å². The van der Waals surface area contributed by atoms with Gasteiger partial charge in [0, 0.05) is 6.07 Å². The molecule has 0 aromatic carbocycles. The van der Waals surface area contributed by atoms with Crippen molar-refractivity contribution in [1.82, 2.24) is 9.97 Å². The molecule has 0 amide bonds. The van der Waals surface area contributed by atoms with Gasteiger partial charge in [-0.15, -0.1) is 0 Å². The number of thiazole rings is 1. The molecule has 0 saturated carbocycles. The van der Waals surface area contributed by atoms with E-state index in [0.29, 0.717) is 5.88 Å². The van der Waals surface area contributed by atoms with Crippen LogP contribution in [0.5, 0.6) is 5.88 Å². The number of nitrogens with zero attached hydrogens (tertiary/aromatic N) is 2. The van der Waals surface area contributed by atoms with Crippen molar-refractivity contribution < 1.29 is 4.74 Å². The van der Waals surface area contributed by atoms with Crippen LogP contribution in [0.15, 0.2) is 12.1 Å². The summed E-state index contributed by atoms with van der Waals surface area (Å²) in [6, 6.07) is 3.73. The Bertz CT molecular complexity index is 415. The summed E-state index contributed by atoms with van der Waals surface area (Å²) in [7, 11) is 1.61. The molecule has 0 aliphatic carbocycles. The van der Waals surface area contributed by atoms with Crippen LogP contribution < -0.4 is 4.74 Å². The molecule has 12 heavy (non-hydrogen) atoms. The lowest BCUT2D eigenvalue weighted by Gasteiger charge is -1.94. The van der Waals surface area contributed by atoms with Crippen molar-refractivity contribution in [3.05, 3.63) is 15.1 Å². The summed E-state index contributed by atoms with van der Waals surface area (Å²) in [5.74, 6) is 0.641. The van der Waals surface area contributed by atoms with Crippen LogP contribution in [0.4, 0.5) is 0 Å². The monoisotopic (exact) mass is 292 g/mol. The first kappa shape index (κ1) is 8.18. The third-order valence-electron chi connectivity index (χ3n) is 1.41. The maximum Gasteiger partial charge on any atom is 0.214 e. The molecule has 0 saturated heterocycles. The highest BCUT2D eigenvalue weighted by Crippen LogP contribution is 2.23. The predicted octanol–water partition coefficient (Wildman–Crippen LogP) is 2.30. The number of fused-ring (bicyclic) bond motifs is 1. The Labute approximate surface area is 86.9 Å². The van der Waals surface area contributed by atoms with E-state index in [4.69, 9.17) is 4.74 Å². The molecular formula is C7H5IN2OS. The molecule has 3 nitrogen and oxygen atoms in total. The second kappa shape index (κ2) is 3.14. The van der Waals surface area contributed by atoms with Crippen molar-refractivity contribution in [2.24, 2.45) is 0 Å². The van der Waals surface area contributed by atoms with E-state index < -0.39 is 0 Å². The Hall–Kier alpha value is -0.430. The van der Waals surface area contributed by atoms with Crippen molar-refractivity contribution in [2.45, 2.75) is 0 Å². The van der Waals surface area contributed by atoms with E-state index in [1.54, 1.807) is 18.4 Å². The lowest BCUT2D eigenvalue weighted by atomic mass is 10.4. The topological polar surface area (TPSA) is 35.0 Å². The molecule has 2 aromatic heterocycles. The molecule has 5 heteroatoms. The van der Waals surface area contributed by atoms with Gasteiger partial charge in [0.25, 0.3) is 0 Å². The van der Waals surface area contributed by atoms with Crippen LogP contribution in [0.1, 0.15) is 0 Å². The number of methoxy groups -OCH3 is 1. The van der Waals surface area contributed by atoms with Gasteiger partial charge in [-0.1, -0.05) is 11.3 Å². The minimum absolute atomic E-state index is 0.641. The van der Waals surface area contributed by atoms with Gasteiger partial charge in [0.1, 0.15) is 10.3 Å².